The lowest BCUT2D eigenvalue weighted by Gasteiger charge is -2.14. The third kappa shape index (κ3) is 3.47. The van der Waals surface area contributed by atoms with Crippen molar-refractivity contribution in [3.63, 3.8) is 0 Å². The molecule has 90 valence electrons. The molecule has 5 N–H and O–H groups in total. The van der Waals surface area contributed by atoms with E-state index in [0.29, 0.717) is 0 Å². The maximum Gasteiger partial charge on any atom is 0.469 e. The molecule has 0 aliphatic carbocycles. The molecule has 0 aromatic rings. The van der Waals surface area contributed by atoms with Crippen molar-refractivity contribution in [3.05, 3.63) is 0 Å². The van der Waals surface area contributed by atoms with Crippen molar-refractivity contribution in [1.29, 1.82) is 0 Å². The standard InChI is InChI=1S/C6H13O8P/c7-1-3-5(8)6(9)4(14-3)2-13-15(10,11)12/h3-9H,1-2H2,(H2,10,11,12)/t3-,4+,5-,6-/m1/s1/i2T/t2?,3-,4+,5-,6-. The summed E-state index contributed by atoms with van der Waals surface area (Å²) in [6.45, 7) is -2.45. The van der Waals surface area contributed by atoms with Gasteiger partial charge in [0.2, 0.25) is 0 Å². The summed E-state index contributed by atoms with van der Waals surface area (Å²) in [6, 6.07) is 0. The lowest BCUT2D eigenvalue weighted by molar-refractivity contribution is -0.0388. The number of phosphoric acid groups is 1. The second-order valence-electron chi connectivity index (χ2n) is 3.03. The molecule has 1 aliphatic rings. The highest BCUT2D eigenvalue weighted by Crippen LogP contribution is 2.37. The Balaban J connectivity index is 2.64. The summed E-state index contributed by atoms with van der Waals surface area (Å²) in [5.74, 6) is 0. The van der Waals surface area contributed by atoms with E-state index in [1.54, 1.807) is 0 Å². The van der Waals surface area contributed by atoms with Crippen LogP contribution in [0, 0.1) is 0 Å². The van der Waals surface area contributed by atoms with E-state index in [1.807, 2.05) is 0 Å². The molecule has 5 atom stereocenters. The van der Waals surface area contributed by atoms with Crippen LogP contribution in [0.15, 0.2) is 0 Å². The highest BCUT2D eigenvalue weighted by Gasteiger charge is 2.43. The van der Waals surface area contributed by atoms with E-state index >= 15 is 0 Å². The molecule has 0 bridgehead atoms. The van der Waals surface area contributed by atoms with Gasteiger partial charge < -0.3 is 29.8 Å². The highest BCUT2D eigenvalue weighted by atomic mass is 31.2. The van der Waals surface area contributed by atoms with Crippen LogP contribution in [-0.4, -0.2) is 62.7 Å². The Kier molecular flexibility index (Phi) is 3.70. The fraction of sp³-hybridized carbons (Fsp3) is 1.00. The number of phosphoric ester groups is 1. The van der Waals surface area contributed by atoms with Gasteiger partial charge in [-0.15, -0.1) is 0 Å². The fourth-order valence-electron chi connectivity index (χ4n) is 1.18. The summed E-state index contributed by atoms with van der Waals surface area (Å²) < 4.78 is 26.5. The van der Waals surface area contributed by atoms with Crippen LogP contribution in [0.5, 0.6) is 0 Å². The molecular formula is C6H13O8P. The van der Waals surface area contributed by atoms with E-state index in [4.69, 9.17) is 21.0 Å². The number of rotatable bonds is 4. The van der Waals surface area contributed by atoms with E-state index in [2.05, 4.69) is 4.52 Å². The monoisotopic (exact) mass is 246 g/mol. The molecule has 1 unspecified atom stereocenters. The SMILES string of the molecule is [3H]C(OP(=O)(O)O)[C@@H]1O[C@H](CO)[C@@H](O)[C@@H]1O. The van der Waals surface area contributed by atoms with Gasteiger partial charge in [-0.05, 0) is 0 Å². The summed E-state index contributed by atoms with van der Waals surface area (Å²) in [4.78, 5) is 16.9. The van der Waals surface area contributed by atoms with Crippen molar-refractivity contribution >= 4 is 7.82 Å². The van der Waals surface area contributed by atoms with E-state index in [0.717, 1.165) is 0 Å². The zero-order chi connectivity index (χ0) is 12.5. The van der Waals surface area contributed by atoms with Crippen LogP contribution in [0.25, 0.3) is 0 Å². The number of hydrogen-bond donors (Lipinski definition) is 5. The number of hydrogen-bond acceptors (Lipinski definition) is 6. The van der Waals surface area contributed by atoms with Crippen molar-refractivity contribution in [2.75, 3.05) is 13.2 Å². The predicted octanol–water partition coefficient (Wildman–Crippen LogP) is -2.42. The van der Waals surface area contributed by atoms with Gasteiger partial charge in [0.05, 0.1) is 14.6 Å². The minimum absolute atomic E-state index is 0.586. The van der Waals surface area contributed by atoms with Gasteiger partial charge in [-0.3, -0.25) is 4.52 Å². The third-order valence-electron chi connectivity index (χ3n) is 1.91. The molecule has 8 nitrogen and oxygen atoms in total. The van der Waals surface area contributed by atoms with Crippen molar-refractivity contribution in [3.8, 4) is 0 Å². The Labute approximate surface area is 86.7 Å². The molecule has 0 spiro atoms. The van der Waals surface area contributed by atoms with Gasteiger partial charge in [0.15, 0.2) is 0 Å². The summed E-state index contributed by atoms with van der Waals surface area (Å²) in [7, 11) is -4.87. The second-order valence-corrected chi connectivity index (χ2v) is 4.23. The maximum atomic E-state index is 10.4. The largest absolute Gasteiger partial charge is 0.469 e. The van der Waals surface area contributed by atoms with Gasteiger partial charge in [-0.25, -0.2) is 4.57 Å². The van der Waals surface area contributed by atoms with Crippen LogP contribution in [0.2, 0.25) is 0 Å². The first-order valence-electron chi connectivity index (χ1n) is 4.62. The number of ether oxygens (including phenoxy) is 1. The summed E-state index contributed by atoms with van der Waals surface area (Å²) in [6.07, 6.45) is -5.51. The van der Waals surface area contributed by atoms with Crippen LogP contribution in [-0.2, 0) is 13.8 Å². The summed E-state index contributed by atoms with van der Waals surface area (Å²) >= 11 is 0. The molecule has 1 heterocycles. The van der Waals surface area contributed by atoms with Gasteiger partial charge >= 0.3 is 7.82 Å². The Hall–Kier alpha value is -0.0500. The van der Waals surface area contributed by atoms with Crippen LogP contribution >= 0.6 is 7.82 Å². The van der Waals surface area contributed by atoms with E-state index < -0.39 is 45.4 Å². The summed E-state index contributed by atoms with van der Waals surface area (Å²) in [5, 5.41) is 27.4. The van der Waals surface area contributed by atoms with E-state index in [1.165, 1.54) is 0 Å². The number of aliphatic hydroxyl groups is 3. The minimum Gasteiger partial charge on any atom is -0.394 e. The third-order valence-corrected chi connectivity index (χ3v) is 2.31. The smallest absolute Gasteiger partial charge is 0.394 e. The van der Waals surface area contributed by atoms with Gasteiger partial charge in [0, 0.05) is 0 Å². The first-order valence-corrected chi connectivity index (χ1v) is 5.58. The van der Waals surface area contributed by atoms with Crippen LogP contribution < -0.4 is 0 Å². The van der Waals surface area contributed by atoms with E-state index in [9.17, 15) is 14.8 Å². The van der Waals surface area contributed by atoms with Gasteiger partial charge in [0.25, 0.3) is 0 Å². The van der Waals surface area contributed by atoms with Crippen molar-refractivity contribution in [2.24, 2.45) is 0 Å². The first kappa shape index (κ1) is 11.4. The molecule has 0 aromatic carbocycles. The molecule has 1 aliphatic heterocycles. The van der Waals surface area contributed by atoms with Gasteiger partial charge in [-0.2, -0.15) is 0 Å². The lowest BCUT2D eigenvalue weighted by atomic mass is 10.1. The average Bonchev–Trinajstić information content (AvgIpc) is 2.41. The van der Waals surface area contributed by atoms with Crippen molar-refractivity contribution < 1.29 is 40.3 Å². The Bertz CT molecular complexity index is 282. The molecule has 0 aromatic heterocycles. The maximum absolute atomic E-state index is 10.4. The van der Waals surface area contributed by atoms with Crippen molar-refractivity contribution in [1.82, 2.24) is 0 Å². The zero-order valence-electron chi connectivity index (χ0n) is 8.50. The highest BCUT2D eigenvalue weighted by molar-refractivity contribution is 7.46. The molecular weight excluding hydrogens is 231 g/mol. The zero-order valence-corrected chi connectivity index (χ0v) is 8.40. The first-order chi connectivity index (χ1) is 7.26. The van der Waals surface area contributed by atoms with Gasteiger partial charge in [0.1, 0.15) is 24.4 Å². The average molecular weight is 246 g/mol. The lowest BCUT2D eigenvalue weighted by Crippen LogP contribution is -2.35. The Morgan fingerprint density at radius 2 is 1.87 bits per heavy atom. The molecule has 15 heavy (non-hydrogen) atoms. The predicted molar refractivity (Wildman–Crippen MR) is 45.8 cm³/mol. The van der Waals surface area contributed by atoms with E-state index in [-0.39, 0.29) is 0 Å². The molecule has 0 radical (unpaired) electrons. The van der Waals surface area contributed by atoms with Crippen LogP contribution in [0.4, 0.5) is 0 Å². The molecule has 0 amide bonds. The minimum atomic E-state index is -4.87. The van der Waals surface area contributed by atoms with Crippen LogP contribution in [0.3, 0.4) is 0 Å². The van der Waals surface area contributed by atoms with Crippen LogP contribution in [0.1, 0.15) is 1.37 Å². The quantitative estimate of drug-likeness (QED) is 0.345. The van der Waals surface area contributed by atoms with Crippen molar-refractivity contribution in [2.45, 2.75) is 24.4 Å². The van der Waals surface area contributed by atoms with Gasteiger partial charge in [-0.1, -0.05) is 0 Å². The Morgan fingerprint density at radius 1 is 1.33 bits per heavy atom. The normalized spacial score (nSPS) is 40.2. The second kappa shape index (κ2) is 4.86. The molecule has 9 heteroatoms. The number of aliphatic hydroxyl groups excluding tert-OH is 3. The topological polar surface area (TPSA) is 137 Å². The fourth-order valence-corrected chi connectivity index (χ4v) is 1.46. The molecule has 0 saturated carbocycles. The molecule has 1 fully saturated rings. The Morgan fingerprint density at radius 3 is 2.27 bits per heavy atom. The molecule has 1 saturated heterocycles. The molecule has 1 rings (SSSR count). The summed E-state index contributed by atoms with van der Waals surface area (Å²) in [5.41, 5.74) is 0.